The summed E-state index contributed by atoms with van der Waals surface area (Å²) in [5.74, 6) is 0.242. The molecule has 0 aliphatic carbocycles. The molecule has 0 amide bonds. The molecule has 0 spiro atoms. The summed E-state index contributed by atoms with van der Waals surface area (Å²) in [5, 5.41) is 7.86. The number of hydrogen-bond acceptors (Lipinski definition) is 3. The molecule has 1 rings (SSSR count). The zero-order valence-corrected chi connectivity index (χ0v) is 8.04. The van der Waals surface area contributed by atoms with E-state index in [2.05, 4.69) is 11.9 Å². The van der Waals surface area contributed by atoms with Gasteiger partial charge < -0.3 is 11.1 Å². The second-order valence-corrected chi connectivity index (χ2v) is 3.19. The predicted octanol–water partition coefficient (Wildman–Crippen LogP) is 2.08. The Morgan fingerprint density at radius 3 is 2.92 bits per heavy atom. The minimum atomic E-state index is 0.242. The molecule has 0 saturated carbocycles. The van der Waals surface area contributed by atoms with Crippen LogP contribution in [0.15, 0.2) is 18.5 Å². The Balaban J connectivity index is 2.95. The SMILES string of the molecule is CCC(C)C(=N)c1cnccc1N. The highest BCUT2D eigenvalue weighted by Gasteiger charge is 2.11. The zero-order valence-electron chi connectivity index (χ0n) is 8.04. The van der Waals surface area contributed by atoms with E-state index in [1.165, 1.54) is 0 Å². The predicted molar refractivity (Wildman–Crippen MR) is 54.9 cm³/mol. The van der Waals surface area contributed by atoms with Crippen LogP contribution in [-0.4, -0.2) is 10.7 Å². The van der Waals surface area contributed by atoms with E-state index in [1.807, 2.05) is 6.92 Å². The molecule has 3 nitrogen and oxygen atoms in total. The maximum Gasteiger partial charge on any atom is 0.0450 e. The summed E-state index contributed by atoms with van der Waals surface area (Å²) in [4.78, 5) is 3.96. The lowest BCUT2D eigenvalue weighted by molar-refractivity contribution is 0.736. The average Bonchev–Trinajstić information content (AvgIpc) is 2.16. The lowest BCUT2D eigenvalue weighted by Gasteiger charge is -2.11. The highest BCUT2D eigenvalue weighted by Crippen LogP contribution is 2.16. The topological polar surface area (TPSA) is 62.8 Å². The summed E-state index contributed by atoms with van der Waals surface area (Å²) >= 11 is 0. The minimum Gasteiger partial charge on any atom is -0.398 e. The molecule has 3 heteroatoms. The Bertz CT molecular complexity index is 307. The largest absolute Gasteiger partial charge is 0.398 e. The molecule has 0 aromatic carbocycles. The maximum atomic E-state index is 7.86. The van der Waals surface area contributed by atoms with Crippen molar-refractivity contribution in [1.82, 2.24) is 4.98 Å². The summed E-state index contributed by atoms with van der Waals surface area (Å²) in [6, 6.07) is 1.73. The van der Waals surface area contributed by atoms with Gasteiger partial charge in [-0.1, -0.05) is 13.8 Å². The lowest BCUT2D eigenvalue weighted by atomic mass is 9.96. The van der Waals surface area contributed by atoms with E-state index in [1.54, 1.807) is 18.5 Å². The number of aromatic nitrogens is 1. The zero-order chi connectivity index (χ0) is 9.84. The number of nitrogen functional groups attached to an aromatic ring is 1. The Labute approximate surface area is 78.5 Å². The van der Waals surface area contributed by atoms with Gasteiger partial charge in [-0.15, -0.1) is 0 Å². The van der Waals surface area contributed by atoms with Crippen LogP contribution in [0.1, 0.15) is 25.8 Å². The van der Waals surface area contributed by atoms with Gasteiger partial charge in [0.25, 0.3) is 0 Å². The van der Waals surface area contributed by atoms with E-state index in [9.17, 15) is 0 Å². The molecule has 0 fully saturated rings. The molecule has 1 aromatic rings. The van der Waals surface area contributed by atoms with Crippen LogP contribution in [-0.2, 0) is 0 Å². The van der Waals surface area contributed by atoms with Crippen molar-refractivity contribution in [2.75, 3.05) is 5.73 Å². The minimum absolute atomic E-state index is 0.242. The maximum absolute atomic E-state index is 7.86. The molecule has 0 bridgehead atoms. The number of rotatable bonds is 3. The molecule has 1 aromatic heterocycles. The molecule has 0 aliphatic heterocycles. The van der Waals surface area contributed by atoms with Crippen molar-refractivity contribution in [3.05, 3.63) is 24.0 Å². The van der Waals surface area contributed by atoms with E-state index in [-0.39, 0.29) is 5.92 Å². The van der Waals surface area contributed by atoms with E-state index >= 15 is 0 Å². The molecule has 1 atom stereocenters. The molecule has 70 valence electrons. The van der Waals surface area contributed by atoms with Crippen molar-refractivity contribution in [1.29, 1.82) is 5.41 Å². The first-order valence-electron chi connectivity index (χ1n) is 4.45. The molecule has 1 unspecified atom stereocenters. The van der Waals surface area contributed by atoms with Crippen molar-refractivity contribution in [3.63, 3.8) is 0 Å². The standard InChI is InChI=1S/C10H15N3/c1-3-7(2)10(12)8-6-13-5-4-9(8)11/h4-7,12H,3H2,1-2H3,(H2,11,13). The number of nitrogens with zero attached hydrogens (tertiary/aromatic N) is 1. The first kappa shape index (κ1) is 9.71. The highest BCUT2D eigenvalue weighted by atomic mass is 14.7. The number of anilines is 1. The van der Waals surface area contributed by atoms with Gasteiger partial charge >= 0.3 is 0 Å². The van der Waals surface area contributed by atoms with Crippen LogP contribution in [0.3, 0.4) is 0 Å². The van der Waals surface area contributed by atoms with E-state index < -0.39 is 0 Å². The fourth-order valence-corrected chi connectivity index (χ4v) is 1.10. The van der Waals surface area contributed by atoms with Crippen LogP contribution >= 0.6 is 0 Å². The molecule has 3 N–H and O–H groups in total. The second-order valence-electron chi connectivity index (χ2n) is 3.19. The van der Waals surface area contributed by atoms with Crippen LogP contribution in [0, 0.1) is 11.3 Å². The Morgan fingerprint density at radius 1 is 1.69 bits per heavy atom. The normalized spacial score (nSPS) is 12.5. The van der Waals surface area contributed by atoms with Crippen molar-refractivity contribution in [3.8, 4) is 0 Å². The molecule has 0 aliphatic rings. The van der Waals surface area contributed by atoms with Crippen molar-refractivity contribution in [2.45, 2.75) is 20.3 Å². The van der Waals surface area contributed by atoms with Crippen LogP contribution in [0.5, 0.6) is 0 Å². The quantitative estimate of drug-likeness (QED) is 0.694. The molecule has 0 saturated heterocycles. The van der Waals surface area contributed by atoms with E-state index in [0.29, 0.717) is 11.4 Å². The molecule has 13 heavy (non-hydrogen) atoms. The summed E-state index contributed by atoms with van der Waals surface area (Å²) in [6.07, 6.45) is 4.25. The molecule has 1 heterocycles. The molecule has 0 radical (unpaired) electrons. The number of pyridine rings is 1. The number of nitrogens with two attached hydrogens (primary N) is 1. The summed E-state index contributed by atoms with van der Waals surface area (Å²) < 4.78 is 0. The van der Waals surface area contributed by atoms with Crippen molar-refractivity contribution >= 4 is 11.4 Å². The second kappa shape index (κ2) is 4.03. The average molecular weight is 177 g/mol. The number of nitrogens with one attached hydrogen (secondary N) is 1. The third kappa shape index (κ3) is 2.05. The number of hydrogen-bond donors (Lipinski definition) is 2. The van der Waals surface area contributed by atoms with Gasteiger partial charge in [-0.05, 0) is 18.4 Å². The van der Waals surface area contributed by atoms with Gasteiger partial charge in [0.15, 0.2) is 0 Å². The summed E-state index contributed by atoms with van der Waals surface area (Å²) in [6.45, 7) is 4.08. The van der Waals surface area contributed by atoms with Crippen molar-refractivity contribution < 1.29 is 0 Å². The van der Waals surface area contributed by atoms with Crippen LogP contribution in [0.25, 0.3) is 0 Å². The Hall–Kier alpha value is -1.38. The smallest absolute Gasteiger partial charge is 0.0450 e. The summed E-state index contributed by atoms with van der Waals surface area (Å²) in [7, 11) is 0. The fourth-order valence-electron chi connectivity index (χ4n) is 1.10. The van der Waals surface area contributed by atoms with Gasteiger partial charge in [0.05, 0.1) is 0 Å². The monoisotopic (exact) mass is 177 g/mol. The van der Waals surface area contributed by atoms with Gasteiger partial charge in [-0.2, -0.15) is 0 Å². The first-order chi connectivity index (χ1) is 6.16. The van der Waals surface area contributed by atoms with Gasteiger partial charge in [-0.3, -0.25) is 4.98 Å². The van der Waals surface area contributed by atoms with Gasteiger partial charge in [-0.25, -0.2) is 0 Å². The Morgan fingerprint density at radius 2 is 2.38 bits per heavy atom. The molecular weight excluding hydrogens is 162 g/mol. The van der Waals surface area contributed by atoms with E-state index in [0.717, 1.165) is 12.0 Å². The summed E-state index contributed by atoms with van der Waals surface area (Å²) in [5.41, 5.74) is 7.71. The fraction of sp³-hybridized carbons (Fsp3) is 0.400. The van der Waals surface area contributed by atoms with E-state index in [4.69, 9.17) is 11.1 Å². The Kier molecular flexibility index (Phi) is 3.01. The van der Waals surface area contributed by atoms with Gasteiger partial charge in [0, 0.05) is 29.4 Å². The third-order valence-electron chi connectivity index (χ3n) is 2.25. The van der Waals surface area contributed by atoms with Crippen LogP contribution < -0.4 is 5.73 Å². The van der Waals surface area contributed by atoms with Gasteiger partial charge in [0.2, 0.25) is 0 Å². The van der Waals surface area contributed by atoms with Gasteiger partial charge in [0.1, 0.15) is 0 Å². The third-order valence-corrected chi connectivity index (χ3v) is 2.25. The first-order valence-corrected chi connectivity index (χ1v) is 4.45. The van der Waals surface area contributed by atoms with Crippen molar-refractivity contribution in [2.24, 2.45) is 5.92 Å². The lowest BCUT2D eigenvalue weighted by Crippen LogP contribution is -2.12. The van der Waals surface area contributed by atoms with Crippen LogP contribution in [0.4, 0.5) is 5.69 Å². The highest BCUT2D eigenvalue weighted by molar-refractivity contribution is 6.03. The molecular formula is C10H15N3. The van der Waals surface area contributed by atoms with Crippen LogP contribution in [0.2, 0.25) is 0 Å².